The molecule has 2 N–H and O–H groups in total. The van der Waals surface area contributed by atoms with E-state index >= 15 is 0 Å². The number of carboxylic acid groups (broad SMARTS) is 1. The molecule has 3 rings (SSSR count). The molecule has 0 aromatic heterocycles. The first-order valence-corrected chi connectivity index (χ1v) is 8.03. The zero-order valence-electron chi connectivity index (χ0n) is 13.4. The van der Waals surface area contributed by atoms with Crippen LogP contribution < -0.4 is 5.32 Å². The highest BCUT2D eigenvalue weighted by molar-refractivity contribution is 5.95. The summed E-state index contributed by atoms with van der Waals surface area (Å²) in [6, 6.07) is 12.0. The average Bonchev–Trinajstić information content (AvgIpc) is 3.09. The van der Waals surface area contributed by atoms with Crippen LogP contribution in [0.3, 0.4) is 0 Å². The number of aromatic carboxylic acids is 1. The van der Waals surface area contributed by atoms with Gasteiger partial charge >= 0.3 is 5.97 Å². The number of ether oxygens (including phenoxy) is 1. The van der Waals surface area contributed by atoms with Crippen LogP contribution in [-0.4, -0.2) is 30.1 Å². The number of benzene rings is 2. The third-order valence-electron chi connectivity index (χ3n) is 4.33. The Hall–Kier alpha value is -2.73. The number of amides is 1. The van der Waals surface area contributed by atoms with E-state index in [0.29, 0.717) is 18.7 Å². The fourth-order valence-corrected chi connectivity index (χ4v) is 2.95. The third kappa shape index (κ3) is 4.03. The molecule has 2 atom stereocenters. The number of carboxylic acids is 1. The van der Waals surface area contributed by atoms with Crippen LogP contribution in [0.25, 0.3) is 0 Å². The van der Waals surface area contributed by atoms with Crippen molar-refractivity contribution in [2.45, 2.75) is 12.5 Å². The minimum Gasteiger partial charge on any atom is -0.478 e. The maximum Gasteiger partial charge on any atom is 0.335 e. The van der Waals surface area contributed by atoms with E-state index in [1.165, 1.54) is 36.4 Å². The van der Waals surface area contributed by atoms with Crippen LogP contribution in [0.2, 0.25) is 0 Å². The number of carbonyl (C=O) groups is 2. The molecule has 0 aliphatic carbocycles. The summed E-state index contributed by atoms with van der Waals surface area (Å²) >= 11 is 0. The Balaban J connectivity index is 1.61. The second-order valence-corrected chi connectivity index (χ2v) is 5.98. The molecule has 0 spiro atoms. The Kier molecular flexibility index (Phi) is 5.09. The molecule has 2 aromatic rings. The molecule has 0 bridgehead atoms. The van der Waals surface area contributed by atoms with Gasteiger partial charge < -0.3 is 15.2 Å². The lowest BCUT2D eigenvalue weighted by atomic mass is 9.95. The fraction of sp³-hybridized carbons (Fsp3) is 0.263. The summed E-state index contributed by atoms with van der Waals surface area (Å²) < 4.78 is 18.8. The largest absolute Gasteiger partial charge is 0.478 e. The average molecular weight is 343 g/mol. The second kappa shape index (κ2) is 7.44. The van der Waals surface area contributed by atoms with Gasteiger partial charge in [0.25, 0.3) is 5.91 Å². The topological polar surface area (TPSA) is 75.6 Å². The van der Waals surface area contributed by atoms with Crippen LogP contribution in [-0.2, 0) is 4.74 Å². The fourth-order valence-electron chi connectivity index (χ4n) is 2.95. The van der Waals surface area contributed by atoms with Gasteiger partial charge in [0.05, 0.1) is 11.7 Å². The van der Waals surface area contributed by atoms with Crippen LogP contribution in [0.5, 0.6) is 0 Å². The summed E-state index contributed by atoms with van der Waals surface area (Å²) in [5.41, 5.74) is 1.43. The predicted molar refractivity (Wildman–Crippen MR) is 88.9 cm³/mol. The summed E-state index contributed by atoms with van der Waals surface area (Å²) in [7, 11) is 0. The number of hydrogen-bond acceptors (Lipinski definition) is 3. The van der Waals surface area contributed by atoms with Crippen molar-refractivity contribution in [3.63, 3.8) is 0 Å². The highest BCUT2D eigenvalue weighted by Gasteiger charge is 2.30. The van der Waals surface area contributed by atoms with Crippen LogP contribution in [0, 0.1) is 11.7 Å². The Morgan fingerprint density at radius 1 is 1.08 bits per heavy atom. The maximum absolute atomic E-state index is 13.1. The minimum absolute atomic E-state index is 0.104. The first-order valence-electron chi connectivity index (χ1n) is 8.03. The van der Waals surface area contributed by atoms with Crippen molar-refractivity contribution in [2.24, 2.45) is 5.92 Å². The second-order valence-electron chi connectivity index (χ2n) is 5.98. The zero-order valence-corrected chi connectivity index (χ0v) is 13.4. The summed E-state index contributed by atoms with van der Waals surface area (Å²) in [5.74, 6) is -1.48. The van der Waals surface area contributed by atoms with Crippen molar-refractivity contribution < 1.29 is 23.8 Å². The Labute approximate surface area is 144 Å². The van der Waals surface area contributed by atoms with Gasteiger partial charge in [-0.2, -0.15) is 0 Å². The van der Waals surface area contributed by atoms with E-state index in [4.69, 9.17) is 9.84 Å². The van der Waals surface area contributed by atoms with Crippen molar-refractivity contribution in [1.29, 1.82) is 0 Å². The molecule has 2 aromatic carbocycles. The van der Waals surface area contributed by atoms with Gasteiger partial charge in [-0.3, -0.25) is 4.79 Å². The highest BCUT2D eigenvalue weighted by atomic mass is 19.1. The number of nitrogens with one attached hydrogen (secondary N) is 1. The van der Waals surface area contributed by atoms with Gasteiger partial charge in [-0.15, -0.1) is 0 Å². The molecule has 1 aliphatic heterocycles. The van der Waals surface area contributed by atoms with Crippen LogP contribution in [0.4, 0.5) is 4.39 Å². The Morgan fingerprint density at radius 2 is 1.72 bits per heavy atom. The van der Waals surface area contributed by atoms with Gasteiger partial charge in [-0.1, -0.05) is 12.1 Å². The Bertz CT molecular complexity index is 758. The molecule has 0 saturated carbocycles. The van der Waals surface area contributed by atoms with Crippen LogP contribution in [0.1, 0.15) is 38.8 Å². The van der Waals surface area contributed by atoms with Crippen molar-refractivity contribution >= 4 is 11.9 Å². The molecule has 1 saturated heterocycles. The summed E-state index contributed by atoms with van der Waals surface area (Å²) in [4.78, 5) is 23.1. The van der Waals surface area contributed by atoms with E-state index in [2.05, 4.69) is 5.32 Å². The first kappa shape index (κ1) is 17.1. The molecule has 130 valence electrons. The molecule has 1 fully saturated rings. The van der Waals surface area contributed by atoms with Crippen molar-refractivity contribution in [3.05, 3.63) is 71.0 Å². The van der Waals surface area contributed by atoms with Gasteiger partial charge in [0.1, 0.15) is 5.82 Å². The van der Waals surface area contributed by atoms with Gasteiger partial charge in [0.15, 0.2) is 0 Å². The van der Waals surface area contributed by atoms with Crippen molar-refractivity contribution in [2.75, 3.05) is 13.2 Å². The number of rotatable bonds is 5. The smallest absolute Gasteiger partial charge is 0.335 e. The molecule has 25 heavy (non-hydrogen) atoms. The minimum atomic E-state index is -1.03. The third-order valence-corrected chi connectivity index (χ3v) is 4.33. The predicted octanol–water partition coefficient (Wildman–Crippen LogP) is 3.03. The van der Waals surface area contributed by atoms with Crippen molar-refractivity contribution in [3.8, 4) is 0 Å². The van der Waals surface area contributed by atoms with E-state index in [0.717, 1.165) is 12.0 Å². The lowest BCUT2D eigenvalue weighted by Crippen LogP contribution is -2.30. The van der Waals surface area contributed by atoms with E-state index in [1.807, 2.05) is 0 Å². The summed E-state index contributed by atoms with van der Waals surface area (Å²) in [5, 5.41) is 11.7. The Morgan fingerprint density at radius 3 is 2.36 bits per heavy atom. The monoisotopic (exact) mass is 343 g/mol. The van der Waals surface area contributed by atoms with E-state index in [1.54, 1.807) is 12.1 Å². The number of hydrogen-bond donors (Lipinski definition) is 2. The zero-order chi connectivity index (χ0) is 17.8. The lowest BCUT2D eigenvalue weighted by Gasteiger charge is -2.19. The van der Waals surface area contributed by atoms with Crippen LogP contribution in [0.15, 0.2) is 48.5 Å². The van der Waals surface area contributed by atoms with Gasteiger partial charge in [0.2, 0.25) is 0 Å². The molecule has 1 amide bonds. The van der Waals surface area contributed by atoms with E-state index in [-0.39, 0.29) is 29.3 Å². The van der Waals surface area contributed by atoms with Crippen molar-refractivity contribution in [1.82, 2.24) is 5.32 Å². The summed E-state index contributed by atoms with van der Waals surface area (Å²) in [6.45, 7) is 1.03. The SMILES string of the molecule is O=C(O)c1ccc(C(=O)NC[C@@H]2CCO[C@H]2c2ccc(F)cc2)cc1. The number of carbonyl (C=O) groups excluding carboxylic acids is 1. The molecular weight excluding hydrogens is 325 g/mol. The molecule has 1 heterocycles. The van der Waals surface area contributed by atoms with Gasteiger partial charge in [0, 0.05) is 24.6 Å². The summed E-state index contributed by atoms with van der Waals surface area (Å²) in [6.07, 6.45) is 0.635. The van der Waals surface area contributed by atoms with Gasteiger partial charge in [-0.25, -0.2) is 9.18 Å². The normalized spacial score (nSPS) is 19.6. The molecule has 0 radical (unpaired) electrons. The molecule has 0 unspecified atom stereocenters. The van der Waals surface area contributed by atoms with E-state index < -0.39 is 5.97 Å². The number of halogens is 1. The van der Waals surface area contributed by atoms with Gasteiger partial charge in [-0.05, 0) is 48.4 Å². The molecule has 1 aliphatic rings. The van der Waals surface area contributed by atoms with Crippen LogP contribution >= 0.6 is 0 Å². The lowest BCUT2D eigenvalue weighted by molar-refractivity contribution is 0.0696. The maximum atomic E-state index is 13.1. The molecule has 5 nitrogen and oxygen atoms in total. The molecule has 6 heteroatoms. The standard InChI is InChI=1S/C19H18FNO4/c20-16-7-5-12(6-8-16)17-15(9-10-25-17)11-21-18(22)13-1-3-14(4-2-13)19(23)24/h1-8,15,17H,9-11H2,(H,21,22)(H,23,24)/t15-,17-/m0/s1. The first-order chi connectivity index (χ1) is 12.0. The quantitative estimate of drug-likeness (QED) is 0.875. The highest BCUT2D eigenvalue weighted by Crippen LogP contribution is 2.34. The molecular formula is C19H18FNO4. The van der Waals surface area contributed by atoms with E-state index in [9.17, 15) is 14.0 Å².